The molecule has 19 heteroatoms. The molecule has 2 aliphatic carbocycles. The van der Waals surface area contributed by atoms with Crippen LogP contribution in [0.25, 0.3) is 0 Å². The Hall–Kier alpha value is -5.44. The summed E-state index contributed by atoms with van der Waals surface area (Å²) < 4.78 is 62.8. The number of rotatable bonds is 17. The normalized spacial score (nSPS) is 19.7. The van der Waals surface area contributed by atoms with Crippen LogP contribution in [0.4, 0.5) is 34.1 Å². The molecule has 4 aromatic rings. The van der Waals surface area contributed by atoms with E-state index in [0.717, 1.165) is 68.9 Å². The lowest BCUT2D eigenvalue weighted by Gasteiger charge is -2.38. The number of nitrogens with two attached hydrogens (primary N) is 1. The molecule has 0 atom stereocenters. The van der Waals surface area contributed by atoms with Gasteiger partial charge in [0.15, 0.2) is 19.7 Å². The van der Waals surface area contributed by atoms with Crippen molar-refractivity contribution in [3.8, 4) is 0 Å². The third-order valence-electron chi connectivity index (χ3n) is 16.0. The highest BCUT2D eigenvalue weighted by Crippen LogP contribution is 2.55. The number of aliphatic hydroxyl groups is 2. The van der Waals surface area contributed by atoms with Gasteiger partial charge in [-0.1, -0.05) is 26.0 Å². The number of carbonyl (C=O) groups excluding carboxylic acids is 1. The number of hydrogen-bond donors (Lipinski definition) is 7. The first kappa shape index (κ1) is 57.7. The van der Waals surface area contributed by atoms with Gasteiger partial charge in [0.1, 0.15) is 0 Å². The summed E-state index contributed by atoms with van der Waals surface area (Å²) in [6.07, 6.45) is 9.30. The van der Waals surface area contributed by atoms with E-state index in [-0.39, 0.29) is 62.3 Å². The van der Waals surface area contributed by atoms with Gasteiger partial charge >= 0.3 is 5.97 Å². The standard InChI is InChI=1S/C29H39N3O5S.C19H25NO5S.C10H16N2O/c1-27(2,17-33)31-22-6-4-5-21(15-22)30-26(34)24-8-7-23(38(35,36)20-28(3)18-37-19-28)16-25(24)32-13-11-29(9-10-29)12-14-32;1-18(11-25-12-18)13-26(23,24)14-2-3-15(17(21)22)16(10-14)20-8-6-19(4-5-19)7-9-20;1-10(2,7-13)12-9-5-3-4-8(11)6-9/h4-8,15-16,31,33H,9-14,17-20H2,1-3H3,(H,30,34);2-3,10H,4-9,11-13H2,1H3,(H,21,22);3-6,12-13H,7,11H2,1-2H3. The monoisotopic (exact) mass is 1100 g/mol. The van der Waals surface area contributed by atoms with Gasteiger partial charge in [-0.05, 0) is 163 Å². The number of nitrogen functional groups attached to an aromatic ring is 1. The molecular weight excluding hydrogens is 1020 g/mol. The molecule has 6 fully saturated rings. The van der Waals surface area contributed by atoms with Crippen LogP contribution in [-0.2, 0) is 29.1 Å². The summed E-state index contributed by atoms with van der Waals surface area (Å²) >= 11 is 0. The summed E-state index contributed by atoms with van der Waals surface area (Å²) in [5, 5.41) is 37.6. The maximum Gasteiger partial charge on any atom is 0.337 e. The van der Waals surface area contributed by atoms with Crippen molar-refractivity contribution >= 4 is 65.7 Å². The summed E-state index contributed by atoms with van der Waals surface area (Å²) in [4.78, 5) is 29.9. The number of carboxylic acids is 1. The van der Waals surface area contributed by atoms with Crippen molar-refractivity contribution in [2.75, 3.05) is 109 Å². The van der Waals surface area contributed by atoms with E-state index in [9.17, 15) is 36.6 Å². The van der Waals surface area contributed by atoms with Crippen LogP contribution in [0.3, 0.4) is 0 Å². The summed E-state index contributed by atoms with van der Waals surface area (Å²) in [5.74, 6) is -1.25. The van der Waals surface area contributed by atoms with Gasteiger partial charge in [0.2, 0.25) is 0 Å². The fourth-order valence-electron chi connectivity index (χ4n) is 10.6. The van der Waals surface area contributed by atoms with Crippen molar-refractivity contribution in [3.63, 3.8) is 0 Å². The second kappa shape index (κ2) is 22.4. The zero-order valence-corrected chi connectivity index (χ0v) is 47.3. The lowest BCUT2D eigenvalue weighted by molar-refractivity contribution is -0.0870. The Kier molecular flexibility index (Phi) is 16.8. The minimum Gasteiger partial charge on any atom is -0.478 e. The van der Waals surface area contributed by atoms with Gasteiger partial charge < -0.3 is 56.3 Å². The summed E-state index contributed by atoms with van der Waals surface area (Å²) in [5.41, 5.74) is 9.89. The summed E-state index contributed by atoms with van der Waals surface area (Å²) in [6.45, 7) is 16.5. The average Bonchev–Trinajstić information content (AvgIpc) is 4.31. The van der Waals surface area contributed by atoms with Crippen LogP contribution in [0.2, 0.25) is 0 Å². The molecule has 4 aromatic carbocycles. The van der Waals surface area contributed by atoms with Crippen LogP contribution in [0.1, 0.15) is 114 Å². The van der Waals surface area contributed by atoms with Gasteiger partial charge in [-0.15, -0.1) is 0 Å². The van der Waals surface area contributed by atoms with Gasteiger partial charge in [-0.3, -0.25) is 4.79 Å². The molecule has 4 aliphatic heterocycles. The molecule has 77 heavy (non-hydrogen) atoms. The number of nitrogens with zero attached hydrogens (tertiary/aromatic N) is 2. The number of amides is 1. The maximum absolute atomic E-state index is 13.6. The fourth-order valence-corrected chi connectivity index (χ4v) is 14.2. The Labute approximate surface area is 455 Å². The molecule has 2 spiro atoms. The molecule has 6 aliphatic rings. The third-order valence-corrected chi connectivity index (χ3v) is 20.1. The van der Waals surface area contributed by atoms with E-state index in [1.807, 2.05) is 95.0 Å². The van der Waals surface area contributed by atoms with Crippen molar-refractivity contribution in [2.45, 2.75) is 114 Å². The number of carboxylic acid groups (broad SMARTS) is 1. The third kappa shape index (κ3) is 14.6. The average molecular weight is 1100 g/mol. The number of carbonyl (C=O) groups is 2. The molecule has 8 N–H and O–H groups in total. The Balaban J connectivity index is 0.000000173. The number of anilines is 6. The Bertz CT molecular complexity index is 3000. The lowest BCUT2D eigenvalue weighted by Crippen LogP contribution is -2.45. The van der Waals surface area contributed by atoms with Crippen LogP contribution in [0.5, 0.6) is 0 Å². The van der Waals surface area contributed by atoms with E-state index < -0.39 is 31.2 Å². The van der Waals surface area contributed by atoms with Gasteiger partial charge in [-0.25, -0.2) is 21.6 Å². The van der Waals surface area contributed by atoms with Crippen molar-refractivity contribution in [2.24, 2.45) is 21.7 Å². The van der Waals surface area contributed by atoms with Crippen molar-refractivity contribution in [1.82, 2.24) is 0 Å². The quantitative estimate of drug-likeness (QED) is 0.0491. The Morgan fingerprint density at radius 1 is 0.584 bits per heavy atom. The van der Waals surface area contributed by atoms with Crippen LogP contribution < -0.4 is 31.5 Å². The Morgan fingerprint density at radius 3 is 1.38 bits per heavy atom. The van der Waals surface area contributed by atoms with E-state index in [0.29, 0.717) is 59.9 Å². The van der Waals surface area contributed by atoms with E-state index in [4.69, 9.17) is 20.3 Å². The number of nitrogens with one attached hydrogen (secondary N) is 3. The zero-order chi connectivity index (χ0) is 55.7. The molecule has 0 radical (unpaired) electrons. The largest absolute Gasteiger partial charge is 0.478 e. The second-order valence-corrected chi connectivity index (χ2v) is 28.7. The number of sulfone groups is 2. The highest BCUT2D eigenvalue weighted by Gasteiger charge is 2.46. The predicted molar refractivity (Wildman–Crippen MR) is 303 cm³/mol. The molecule has 17 nitrogen and oxygen atoms in total. The molecule has 0 aromatic heterocycles. The van der Waals surface area contributed by atoms with Crippen LogP contribution in [0.15, 0.2) is 94.7 Å². The second-order valence-electron chi connectivity index (χ2n) is 24.8. The molecule has 0 unspecified atom stereocenters. The van der Waals surface area contributed by atoms with Crippen molar-refractivity contribution in [1.29, 1.82) is 0 Å². The summed E-state index contributed by atoms with van der Waals surface area (Å²) in [6, 6.07) is 24.2. The Morgan fingerprint density at radius 2 is 0.987 bits per heavy atom. The first-order chi connectivity index (χ1) is 36.2. The molecule has 4 heterocycles. The van der Waals surface area contributed by atoms with Crippen molar-refractivity contribution in [3.05, 3.63) is 96.1 Å². The molecule has 0 bridgehead atoms. The van der Waals surface area contributed by atoms with Gasteiger partial charge in [0.25, 0.3) is 5.91 Å². The molecule has 420 valence electrons. The summed E-state index contributed by atoms with van der Waals surface area (Å²) in [7, 11) is -7.04. The van der Waals surface area contributed by atoms with E-state index in [2.05, 4.69) is 20.9 Å². The number of benzene rings is 4. The topological polar surface area (TPSA) is 250 Å². The molecule has 4 saturated heterocycles. The van der Waals surface area contributed by atoms with Gasteiger partial charge in [0, 0.05) is 59.8 Å². The fraction of sp³-hybridized carbons (Fsp3) is 0.552. The highest BCUT2D eigenvalue weighted by molar-refractivity contribution is 7.91. The van der Waals surface area contributed by atoms with Crippen LogP contribution in [0, 0.1) is 21.7 Å². The number of aromatic carboxylic acids is 1. The molecule has 2 saturated carbocycles. The minimum absolute atomic E-state index is 0.0228. The highest BCUT2D eigenvalue weighted by atomic mass is 32.2. The van der Waals surface area contributed by atoms with E-state index >= 15 is 0 Å². The van der Waals surface area contributed by atoms with E-state index in [1.165, 1.54) is 37.8 Å². The minimum atomic E-state index is -3.54. The van der Waals surface area contributed by atoms with Crippen molar-refractivity contribution < 1.29 is 51.2 Å². The maximum atomic E-state index is 13.6. The van der Waals surface area contributed by atoms with Crippen LogP contribution in [-0.4, -0.2) is 132 Å². The predicted octanol–water partition coefficient (Wildman–Crippen LogP) is 8.34. The molecular formula is C58H80N6O11S2. The molecule has 1 amide bonds. The lowest BCUT2D eigenvalue weighted by atomic mass is 9.92. The van der Waals surface area contributed by atoms with Gasteiger partial charge in [0.05, 0.1) is 94.5 Å². The molecule has 10 rings (SSSR count). The number of ether oxygens (including phenoxy) is 2. The SMILES string of the molecule is CC(C)(CO)Nc1cccc(N)c1.CC1(CS(=O)(=O)c2ccc(C(=O)Nc3cccc(NC(C)(C)CO)c3)c(N3CCC4(CC3)CC4)c2)COC1.CC1(CS(=O)(=O)c2ccc(C(=O)O)c(N3CCC4(CC3)CC4)c2)COC1. The zero-order valence-electron chi connectivity index (χ0n) is 45.6. The van der Waals surface area contributed by atoms with E-state index in [1.54, 1.807) is 24.3 Å². The van der Waals surface area contributed by atoms with Crippen LogP contribution >= 0.6 is 0 Å². The first-order valence-electron chi connectivity index (χ1n) is 26.8. The number of hydrogen-bond acceptors (Lipinski definition) is 15. The number of aliphatic hydroxyl groups excluding tert-OH is 2. The first-order valence-corrected chi connectivity index (χ1v) is 30.2. The number of piperidine rings is 2. The van der Waals surface area contributed by atoms with Gasteiger partial charge in [-0.2, -0.15) is 0 Å². The smallest absolute Gasteiger partial charge is 0.337 e.